The molecule has 0 spiro atoms. The van der Waals surface area contributed by atoms with Gasteiger partial charge in [0, 0.05) is 17.5 Å². The number of aromatic nitrogens is 1. The van der Waals surface area contributed by atoms with Crippen LogP contribution in [0.25, 0.3) is 0 Å². The van der Waals surface area contributed by atoms with Crippen LogP contribution in [0.4, 0.5) is 0 Å². The minimum atomic E-state index is 0.0763. The van der Waals surface area contributed by atoms with Gasteiger partial charge in [0.05, 0.1) is 11.6 Å². The van der Waals surface area contributed by atoms with Gasteiger partial charge in [0.2, 0.25) is 0 Å². The number of aliphatic hydroxyl groups excluding tert-OH is 1. The maximum Gasteiger partial charge on any atom is 0.0963 e. The molecule has 3 nitrogen and oxygen atoms in total. The summed E-state index contributed by atoms with van der Waals surface area (Å²) in [6.45, 7) is 0.124. The minimum Gasteiger partial charge on any atom is -0.395 e. The van der Waals surface area contributed by atoms with E-state index in [1.165, 1.54) is 12.8 Å². The first-order chi connectivity index (χ1) is 7.31. The van der Waals surface area contributed by atoms with Gasteiger partial charge < -0.3 is 10.8 Å². The van der Waals surface area contributed by atoms with Crippen molar-refractivity contribution < 1.29 is 5.11 Å². The van der Waals surface area contributed by atoms with Gasteiger partial charge in [-0.1, -0.05) is 17.8 Å². The van der Waals surface area contributed by atoms with Crippen LogP contribution in [0.2, 0.25) is 0 Å². The van der Waals surface area contributed by atoms with E-state index in [0.717, 1.165) is 5.03 Å². The number of rotatable bonds is 5. The van der Waals surface area contributed by atoms with Crippen molar-refractivity contribution in [3.8, 4) is 0 Å². The summed E-state index contributed by atoms with van der Waals surface area (Å²) in [4.78, 5) is 4.22. The molecular weight excluding hydrogens is 208 g/mol. The zero-order valence-corrected chi connectivity index (χ0v) is 9.36. The average molecular weight is 224 g/mol. The minimum absolute atomic E-state index is 0.0763. The maximum absolute atomic E-state index is 9.31. The first-order valence-electron chi connectivity index (χ1n) is 5.25. The van der Waals surface area contributed by atoms with Crippen LogP contribution in [0.5, 0.6) is 0 Å². The molecule has 15 heavy (non-hydrogen) atoms. The van der Waals surface area contributed by atoms with Crippen LogP contribution >= 0.6 is 11.8 Å². The lowest BCUT2D eigenvalue weighted by Crippen LogP contribution is -2.36. The van der Waals surface area contributed by atoms with Crippen LogP contribution in [0, 0.1) is 5.92 Å². The number of pyridine rings is 1. The average Bonchev–Trinajstić information content (AvgIpc) is 3.10. The second kappa shape index (κ2) is 4.96. The molecule has 0 bridgehead atoms. The van der Waals surface area contributed by atoms with Gasteiger partial charge in [0.15, 0.2) is 0 Å². The Hall–Kier alpha value is -0.580. The lowest BCUT2D eigenvalue weighted by atomic mass is 10.1. The lowest BCUT2D eigenvalue weighted by molar-refractivity contribution is 0.277. The third kappa shape index (κ3) is 2.93. The van der Waals surface area contributed by atoms with E-state index in [9.17, 15) is 5.11 Å². The third-order valence-corrected chi connectivity index (χ3v) is 3.93. The molecule has 1 aliphatic rings. The normalized spacial score (nSPS) is 19.9. The van der Waals surface area contributed by atoms with Crippen molar-refractivity contribution in [1.29, 1.82) is 0 Å². The third-order valence-electron chi connectivity index (χ3n) is 2.69. The molecule has 1 saturated carbocycles. The van der Waals surface area contributed by atoms with Crippen molar-refractivity contribution in [3.63, 3.8) is 0 Å². The van der Waals surface area contributed by atoms with E-state index in [-0.39, 0.29) is 17.9 Å². The van der Waals surface area contributed by atoms with Crippen LogP contribution in [-0.4, -0.2) is 28.0 Å². The molecule has 0 saturated heterocycles. The van der Waals surface area contributed by atoms with Crippen LogP contribution < -0.4 is 5.73 Å². The van der Waals surface area contributed by atoms with Crippen molar-refractivity contribution in [3.05, 3.63) is 24.4 Å². The first-order valence-corrected chi connectivity index (χ1v) is 6.13. The number of thioether (sulfide) groups is 1. The highest BCUT2D eigenvalue weighted by atomic mass is 32.2. The molecule has 0 radical (unpaired) electrons. The van der Waals surface area contributed by atoms with Crippen molar-refractivity contribution in [2.24, 2.45) is 11.7 Å². The van der Waals surface area contributed by atoms with E-state index in [0.29, 0.717) is 5.92 Å². The number of hydrogen-bond acceptors (Lipinski definition) is 4. The standard InChI is InChI=1S/C11H16N2OS/c12-11(8-4-5-8)9(7-14)15-10-3-1-2-6-13-10/h1-3,6,8-9,11,14H,4-5,7,12H2. The topological polar surface area (TPSA) is 59.1 Å². The summed E-state index contributed by atoms with van der Waals surface area (Å²) in [5, 5.41) is 10.3. The van der Waals surface area contributed by atoms with E-state index >= 15 is 0 Å². The molecule has 4 heteroatoms. The smallest absolute Gasteiger partial charge is 0.0963 e. The van der Waals surface area contributed by atoms with Crippen molar-refractivity contribution in [1.82, 2.24) is 4.98 Å². The summed E-state index contributed by atoms with van der Waals surface area (Å²) in [6.07, 6.45) is 4.18. The Bertz CT molecular complexity index is 303. The zero-order valence-electron chi connectivity index (χ0n) is 8.54. The van der Waals surface area contributed by atoms with Gasteiger partial charge in [-0.25, -0.2) is 4.98 Å². The number of nitrogens with zero attached hydrogens (tertiary/aromatic N) is 1. The molecule has 1 heterocycles. The van der Waals surface area contributed by atoms with Crippen LogP contribution in [0.1, 0.15) is 12.8 Å². The first kappa shape index (κ1) is 10.9. The molecule has 0 aliphatic heterocycles. The maximum atomic E-state index is 9.31. The number of hydrogen-bond donors (Lipinski definition) is 2. The molecule has 2 unspecified atom stereocenters. The van der Waals surface area contributed by atoms with Gasteiger partial charge in [0.1, 0.15) is 0 Å². The van der Waals surface area contributed by atoms with Gasteiger partial charge in [-0.15, -0.1) is 0 Å². The van der Waals surface area contributed by atoms with Crippen molar-refractivity contribution in [2.75, 3.05) is 6.61 Å². The SMILES string of the molecule is NC(C1CC1)C(CO)Sc1ccccn1. The zero-order chi connectivity index (χ0) is 10.7. The largest absolute Gasteiger partial charge is 0.395 e. The van der Waals surface area contributed by atoms with Gasteiger partial charge >= 0.3 is 0 Å². The summed E-state index contributed by atoms with van der Waals surface area (Å²) in [6, 6.07) is 5.89. The molecule has 2 rings (SSSR count). The molecule has 1 aromatic rings. The van der Waals surface area contributed by atoms with Crippen LogP contribution in [-0.2, 0) is 0 Å². The van der Waals surface area contributed by atoms with Crippen molar-refractivity contribution in [2.45, 2.75) is 29.2 Å². The predicted octanol–water partition coefficient (Wildman–Crippen LogP) is 1.27. The van der Waals surface area contributed by atoms with E-state index in [1.807, 2.05) is 18.2 Å². The Morgan fingerprint density at radius 2 is 2.33 bits per heavy atom. The Morgan fingerprint density at radius 1 is 1.53 bits per heavy atom. The molecule has 82 valence electrons. The monoisotopic (exact) mass is 224 g/mol. The summed E-state index contributed by atoms with van der Waals surface area (Å²) in [7, 11) is 0. The fraction of sp³-hybridized carbons (Fsp3) is 0.545. The predicted molar refractivity (Wildman–Crippen MR) is 61.7 cm³/mol. The van der Waals surface area contributed by atoms with Gasteiger partial charge in [-0.2, -0.15) is 0 Å². The number of aliphatic hydroxyl groups is 1. The van der Waals surface area contributed by atoms with Crippen molar-refractivity contribution >= 4 is 11.8 Å². The molecule has 0 amide bonds. The molecule has 0 aromatic carbocycles. The summed E-state index contributed by atoms with van der Waals surface area (Å²) >= 11 is 1.58. The van der Waals surface area contributed by atoms with E-state index in [2.05, 4.69) is 4.98 Å². The van der Waals surface area contributed by atoms with Gasteiger partial charge in [0.25, 0.3) is 0 Å². The quantitative estimate of drug-likeness (QED) is 0.740. The molecule has 1 aliphatic carbocycles. The van der Waals surface area contributed by atoms with E-state index < -0.39 is 0 Å². The summed E-state index contributed by atoms with van der Waals surface area (Å²) in [5.74, 6) is 0.610. The Labute approximate surface area is 94.1 Å². The van der Waals surface area contributed by atoms with Crippen LogP contribution in [0.3, 0.4) is 0 Å². The van der Waals surface area contributed by atoms with Gasteiger partial charge in [-0.3, -0.25) is 0 Å². The molecule has 3 N–H and O–H groups in total. The Morgan fingerprint density at radius 3 is 2.87 bits per heavy atom. The highest BCUT2D eigenvalue weighted by molar-refractivity contribution is 7.99. The second-order valence-corrected chi connectivity index (χ2v) is 5.18. The summed E-state index contributed by atoms with van der Waals surface area (Å²) < 4.78 is 0. The fourth-order valence-electron chi connectivity index (χ4n) is 1.59. The van der Waals surface area contributed by atoms with E-state index in [4.69, 9.17) is 5.73 Å². The fourth-order valence-corrected chi connectivity index (χ4v) is 2.64. The highest BCUT2D eigenvalue weighted by Gasteiger charge is 2.34. The Balaban J connectivity index is 1.95. The van der Waals surface area contributed by atoms with Crippen LogP contribution in [0.15, 0.2) is 29.4 Å². The molecule has 1 aromatic heterocycles. The van der Waals surface area contributed by atoms with Gasteiger partial charge in [-0.05, 0) is 30.9 Å². The van der Waals surface area contributed by atoms with E-state index in [1.54, 1.807) is 18.0 Å². The summed E-state index contributed by atoms with van der Waals surface area (Å²) in [5.41, 5.74) is 6.07. The number of nitrogens with two attached hydrogens (primary N) is 1. The molecular formula is C11H16N2OS. The molecule has 1 fully saturated rings. The lowest BCUT2D eigenvalue weighted by Gasteiger charge is -2.20. The Kier molecular flexibility index (Phi) is 3.61. The second-order valence-electron chi connectivity index (χ2n) is 3.92. The highest BCUT2D eigenvalue weighted by Crippen LogP contribution is 2.37. The molecule has 2 atom stereocenters.